The second kappa shape index (κ2) is 13.8. The van der Waals surface area contributed by atoms with E-state index in [0.29, 0.717) is 37.4 Å². The maximum absolute atomic E-state index is 13.5. The molecular formula is C27H37F3N4O5. The van der Waals surface area contributed by atoms with Crippen molar-refractivity contribution in [2.75, 3.05) is 40.5 Å². The third-order valence-electron chi connectivity index (χ3n) is 6.94. The molecule has 39 heavy (non-hydrogen) atoms. The summed E-state index contributed by atoms with van der Waals surface area (Å²) in [4.78, 5) is 19.4. The fourth-order valence-corrected chi connectivity index (χ4v) is 4.49. The Hall–Kier alpha value is -3.09. The number of halogens is 3. The number of hydrogen-bond donors (Lipinski definition) is 2. The van der Waals surface area contributed by atoms with E-state index in [0.717, 1.165) is 31.4 Å². The van der Waals surface area contributed by atoms with Crippen LogP contribution in [0.15, 0.2) is 52.9 Å². The number of likely N-dealkylation sites (tertiary alicyclic amines) is 1. The predicted octanol–water partition coefficient (Wildman–Crippen LogP) is 3.36. The standard InChI is InChI=1S/C27H37F3N4O5/c1-17(18(2)39-15-19-5-7-20(8-6-19)27(28,29)30)24(33-26(31)37-4)25(35)34-12-9-21(10-13-34)32-22-11-14-38-16-23(22)36-3/h5-8,21-23,32H,2,9-16H2,1,3-4H3,(H2,31,33)/b24-17-/t22-,23+/m0/s1. The van der Waals surface area contributed by atoms with Crippen molar-refractivity contribution in [2.45, 2.75) is 57.2 Å². The Balaban J connectivity index is 1.64. The van der Waals surface area contributed by atoms with Gasteiger partial charge in [0.05, 0.1) is 25.4 Å². The highest BCUT2D eigenvalue weighted by atomic mass is 19.4. The van der Waals surface area contributed by atoms with E-state index in [4.69, 9.17) is 24.7 Å². The number of nitrogens with one attached hydrogen (secondary N) is 1. The maximum atomic E-state index is 13.5. The van der Waals surface area contributed by atoms with Crippen LogP contribution in [-0.4, -0.2) is 75.5 Å². The van der Waals surface area contributed by atoms with Gasteiger partial charge in [-0.15, -0.1) is 0 Å². The van der Waals surface area contributed by atoms with Crippen molar-refractivity contribution in [1.29, 1.82) is 0 Å². The maximum Gasteiger partial charge on any atom is 0.416 e. The minimum Gasteiger partial charge on any atom is -0.489 e. The quantitative estimate of drug-likeness (QED) is 0.159. The lowest BCUT2D eigenvalue weighted by atomic mass is 9.99. The Bertz CT molecular complexity index is 1050. The normalized spacial score (nSPS) is 21.8. The minimum atomic E-state index is -4.42. The highest BCUT2D eigenvalue weighted by Gasteiger charge is 2.32. The van der Waals surface area contributed by atoms with Crippen LogP contribution in [0.5, 0.6) is 0 Å². The summed E-state index contributed by atoms with van der Waals surface area (Å²) in [5.41, 5.74) is 5.92. The lowest BCUT2D eigenvalue weighted by molar-refractivity contribution is -0.137. The number of nitrogens with zero attached hydrogens (tertiary/aromatic N) is 2. The number of piperidine rings is 1. The summed E-state index contributed by atoms with van der Waals surface area (Å²) in [5, 5.41) is 3.65. The van der Waals surface area contributed by atoms with Gasteiger partial charge in [-0.25, -0.2) is 0 Å². The molecule has 0 spiro atoms. The summed E-state index contributed by atoms with van der Waals surface area (Å²) in [7, 11) is 3.02. The number of benzene rings is 1. The first-order valence-corrected chi connectivity index (χ1v) is 12.8. The number of methoxy groups -OCH3 is 2. The topological polar surface area (TPSA) is 108 Å². The first-order chi connectivity index (χ1) is 18.5. The molecule has 0 unspecified atom stereocenters. The first-order valence-electron chi connectivity index (χ1n) is 12.8. The van der Waals surface area contributed by atoms with Gasteiger partial charge >= 0.3 is 6.18 Å². The Morgan fingerprint density at radius 2 is 1.87 bits per heavy atom. The van der Waals surface area contributed by atoms with Crippen molar-refractivity contribution in [3.8, 4) is 0 Å². The van der Waals surface area contributed by atoms with Crippen molar-refractivity contribution < 1.29 is 36.9 Å². The van der Waals surface area contributed by atoms with E-state index in [1.165, 1.54) is 19.2 Å². The van der Waals surface area contributed by atoms with Gasteiger partial charge in [-0.05, 0) is 43.9 Å². The van der Waals surface area contributed by atoms with Gasteiger partial charge in [0, 0.05) is 44.5 Å². The van der Waals surface area contributed by atoms with Crippen molar-refractivity contribution >= 4 is 11.9 Å². The van der Waals surface area contributed by atoms with Gasteiger partial charge in [0.1, 0.15) is 18.1 Å². The molecule has 2 fully saturated rings. The van der Waals surface area contributed by atoms with E-state index in [2.05, 4.69) is 16.9 Å². The molecule has 2 atom stereocenters. The number of carbonyl (C=O) groups is 1. The molecule has 2 aliphatic heterocycles. The average molecular weight is 555 g/mol. The van der Waals surface area contributed by atoms with Gasteiger partial charge < -0.3 is 34.9 Å². The van der Waals surface area contributed by atoms with Crippen LogP contribution in [0, 0.1) is 0 Å². The summed E-state index contributed by atoms with van der Waals surface area (Å²) < 4.78 is 60.1. The number of nitrogens with two attached hydrogens (primary N) is 1. The van der Waals surface area contributed by atoms with Gasteiger partial charge in [-0.3, -0.25) is 4.79 Å². The van der Waals surface area contributed by atoms with Crippen molar-refractivity contribution in [1.82, 2.24) is 10.2 Å². The zero-order chi connectivity index (χ0) is 28.6. The van der Waals surface area contributed by atoms with E-state index in [-0.39, 0.29) is 48.2 Å². The number of amidine groups is 1. The molecule has 1 aromatic rings. The van der Waals surface area contributed by atoms with E-state index in [1.807, 2.05) is 0 Å². The second-order valence-corrected chi connectivity index (χ2v) is 9.51. The van der Waals surface area contributed by atoms with E-state index < -0.39 is 11.7 Å². The molecule has 9 nitrogen and oxygen atoms in total. The zero-order valence-electron chi connectivity index (χ0n) is 22.6. The molecule has 0 aliphatic carbocycles. The fourth-order valence-electron chi connectivity index (χ4n) is 4.49. The predicted molar refractivity (Wildman–Crippen MR) is 139 cm³/mol. The molecule has 216 valence electrons. The molecule has 0 saturated carbocycles. The summed E-state index contributed by atoms with van der Waals surface area (Å²) in [6.45, 7) is 7.74. The Morgan fingerprint density at radius 1 is 1.21 bits per heavy atom. The summed E-state index contributed by atoms with van der Waals surface area (Å²) in [6.07, 6.45) is -2.06. The largest absolute Gasteiger partial charge is 0.489 e. The number of alkyl halides is 3. The van der Waals surface area contributed by atoms with Crippen molar-refractivity contribution in [2.24, 2.45) is 10.7 Å². The minimum absolute atomic E-state index is 0.00413. The van der Waals surface area contributed by atoms with Crippen LogP contribution in [0.4, 0.5) is 13.2 Å². The SMILES string of the molecule is C=C(OCc1ccc(C(F)(F)F)cc1)/C(C)=C(\N=C(/N)OC)C(=O)N1CCC(N[C@H]2CCOC[C@H]2OC)CC1. The molecule has 0 radical (unpaired) electrons. The molecular weight excluding hydrogens is 517 g/mol. The van der Waals surface area contributed by atoms with E-state index >= 15 is 0 Å². The molecule has 12 heteroatoms. The third-order valence-corrected chi connectivity index (χ3v) is 6.94. The van der Waals surface area contributed by atoms with Crippen LogP contribution >= 0.6 is 0 Å². The smallest absolute Gasteiger partial charge is 0.416 e. The molecule has 1 aromatic carbocycles. The van der Waals surface area contributed by atoms with Crippen LogP contribution in [-0.2, 0) is 36.5 Å². The number of aliphatic imine (C=N–C) groups is 1. The summed E-state index contributed by atoms with van der Waals surface area (Å²) >= 11 is 0. The summed E-state index contributed by atoms with van der Waals surface area (Å²) in [5.74, 6) is -0.196. The third kappa shape index (κ3) is 8.45. The fraction of sp³-hybridized carbons (Fsp3) is 0.556. The number of hydrogen-bond acceptors (Lipinski definition) is 7. The van der Waals surface area contributed by atoms with Crippen LogP contribution in [0.1, 0.15) is 37.3 Å². The summed E-state index contributed by atoms with van der Waals surface area (Å²) in [6, 6.07) is 4.86. The van der Waals surface area contributed by atoms with Gasteiger partial charge in [0.15, 0.2) is 0 Å². The molecule has 0 aromatic heterocycles. The lowest BCUT2D eigenvalue weighted by Crippen LogP contribution is -2.54. The molecule has 0 bridgehead atoms. The second-order valence-electron chi connectivity index (χ2n) is 9.51. The average Bonchev–Trinajstić information content (AvgIpc) is 2.94. The molecule has 2 aliphatic rings. The van der Waals surface area contributed by atoms with Gasteiger partial charge in [0.2, 0.25) is 0 Å². The Kier molecular flexibility index (Phi) is 10.8. The van der Waals surface area contributed by atoms with Crippen LogP contribution in [0.3, 0.4) is 0 Å². The zero-order valence-corrected chi connectivity index (χ0v) is 22.6. The van der Waals surface area contributed by atoms with Gasteiger partial charge in [-0.1, -0.05) is 18.7 Å². The molecule has 1 amide bonds. The van der Waals surface area contributed by atoms with Crippen molar-refractivity contribution in [3.05, 3.63) is 59.0 Å². The Labute approximate surface area is 226 Å². The number of allylic oxidation sites excluding steroid dienone is 1. The molecule has 3 rings (SSSR count). The number of rotatable bonds is 9. The van der Waals surface area contributed by atoms with E-state index in [1.54, 1.807) is 18.9 Å². The molecule has 2 saturated heterocycles. The number of ether oxygens (including phenoxy) is 4. The van der Waals surface area contributed by atoms with Gasteiger partial charge in [-0.2, -0.15) is 18.2 Å². The first kappa shape index (κ1) is 30.5. The monoisotopic (exact) mass is 554 g/mol. The number of amides is 1. The van der Waals surface area contributed by atoms with E-state index in [9.17, 15) is 18.0 Å². The van der Waals surface area contributed by atoms with Crippen LogP contribution in [0.25, 0.3) is 0 Å². The van der Waals surface area contributed by atoms with Crippen molar-refractivity contribution in [3.63, 3.8) is 0 Å². The Morgan fingerprint density at radius 3 is 2.46 bits per heavy atom. The number of carbonyl (C=O) groups excluding carboxylic acids is 1. The van der Waals surface area contributed by atoms with Crippen LogP contribution < -0.4 is 11.1 Å². The van der Waals surface area contributed by atoms with Gasteiger partial charge in [0.25, 0.3) is 11.9 Å². The highest BCUT2D eigenvalue weighted by molar-refractivity contribution is 5.96. The molecule has 2 heterocycles. The lowest BCUT2D eigenvalue weighted by Gasteiger charge is -2.38. The van der Waals surface area contributed by atoms with Crippen LogP contribution in [0.2, 0.25) is 0 Å². The highest BCUT2D eigenvalue weighted by Crippen LogP contribution is 2.29. The molecule has 3 N–H and O–H groups in total.